The van der Waals surface area contributed by atoms with Crippen LogP contribution in [0.5, 0.6) is 0 Å². The standard InChI is InChI=1S/CH6N2O3S/c1-3(2)6-7(4)5/h2H2,1H3,(H,4,5)/p-1. The van der Waals surface area contributed by atoms with Gasteiger partial charge >= 0.3 is 0 Å². The zero-order chi connectivity index (χ0) is 5.86. The monoisotopic (exact) mass is 125 g/mol. The lowest BCUT2D eigenvalue weighted by Crippen LogP contribution is -2.26. The summed E-state index contributed by atoms with van der Waals surface area (Å²) < 4.78 is 22.7. The molecule has 0 aliphatic carbocycles. The number of nitrogens with zero attached hydrogens (tertiary/aromatic N) is 1. The molecule has 0 bridgehead atoms. The maximum atomic E-state index is 9.47. The van der Waals surface area contributed by atoms with Crippen LogP contribution >= 0.6 is 0 Å². The van der Waals surface area contributed by atoms with Crippen molar-refractivity contribution >= 4 is 11.4 Å². The van der Waals surface area contributed by atoms with Gasteiger partial charge < -0.3 is 4.55 Å². The zero-order valence-corrected chi connectivity index (χ0v) is 4.47. The third kappa shape index (κ3) is 5.99. The Kier molecular flexibility index (Phi) is 3.05. The molecular formula is CH5N2O3S-. The predicted molar refractivity (Wildman–Crippen MR) is 22.0 cm³/mol. The third-order valence-corrected chi connectivity index (χ3v) is 0.535. The molecule has 0 heterocycles. The molecule has 0 aromatic rings. The highest BCUT2D eigenvalue weighted by Gasteiger charge is 1.83. The van der Waals surface area contributed by atoms with Crippen molar-refractivity contribution in [1.82, 2.24) is 5.17 Å². The smallest absolute Gasteiger partial charge is 0.107 e. The van der Waals surface area contributed by atoms with Gasteiger partial charge in [0.25, 0.3) is 0 Å². The van der Waals surface area contributed by atoms with Gasteiger partial charge in [-0.1, -0.05) is 0 Å². The minimum absolute atomic E-state index is 0.586. The molecule has 0 aliphatic heterocycles. The van der Waals surface area contributed by atoms with Crippen molar-refractivity contribution in [3.05, 3.63) is 0 Å². The van der Waals surface area contributed by atoms with Crippen LogP contribution < -0.4 is 5.84 Å². The van der Waals surface area contributed by atoms with Crippen molar-refractivity contribution in [2.75, 3.05) is 7.05 Å². The third-order valence-electron chi connectivity index (χ3n) is 0.178. The van der Waals surface area contributed by atoms with E-state index >= 15 is 0 Å². The lowest BCUT2D eigenvalue weighted by molar-refractivity contribution is -0.0277. The quantitative estimate of drug-likeness (QED) is 0.276. The molecule has 7 heavy (non-hydrogen) atoms. The molecule has 6 heteroatoms. The molecule has 0 aliphatic rings. The Labute approximate surface area is 43.5 Å². The largest absolute Gasteiger partial charge is 0.748 e. The lowest BCUT2D eigenvalue weighted by atomic mass is 11.5. The summed E-state index contributed by atoms with van der Waals surface area (Å²) in [5, 5.41) is 0.586. The van der Waals surface area contributed by atoms with Crippen LogP contribution in [0, 0.1) is 0 Å². The second-order valence-corrected chi connectivity index (χ2v) is 1.38. The van der Waals surface area contributed by atoms with Crippen LogP contribution in [-0.4, -0.2) is 21.0 Å². The highest BCUT2D eigenvalue weighted by atomic mass is 32.2. The van der Waals surface area contributed by atoms with Crippen LogP contribution in [0.2, 0.25) is 0 Å². The predicted octanol–water partition coefficient (Wildman–Crippen LogP) is -1.48. The second kappa shape index (κ2) is 3.05. The summed E-state index contributed by atoms with van der Waals surface area (Å²) in [6, 6.07) is 0. The minimum Gasteiger partial charge on any atom is -0.748 e. The van der Waals surface area contributed by atoms with Gasteiger partial charge in [-0.15, -0.1) is 5.17 Å². The summed E-state index contributed by atoms with van der Waals surface area (Å²) in [4.78, 5) is 0. The number of hydrazine groups is 1. The van der Waals surface area contributed by atoms with Gasteiger partial charge in [0.2, 0.25) is 0 Å². The first kappa shape index (κ1) is 6.99. The lowest BCUT2D eigenvalue weighted by Gasteiger charge is -2.09. The van der Waals surface area contributed by atoms with Crippen LogP contribution in [0.1, 0.15) is 0 Å². The van der Waals surface area contributed by atoms with E-state index in [4.69, 9.17) is 5.84 Å². The fourth-order valence-electron chi connectivity index (χ4n) is 0.0960. The molecule has 0 spiro atoms. The van der Waals surface area contributed by atoms with Crippen LogP contribution in [0.15, 0.2) is 0 Å². The Bertz CT molecular complexity index is 73.3. The molecule has 0 radical (unpaired) electrons. The maximum Gasteiger partial charge on any atom is 0.107 e. The number of hydrogen-bond acceptors (Lipinski definition) is 5. The Morgan fingerprint density at radius 3 is 2.43 bits per heavy atom. The van der Waals surface area contributed by atoms with Gasteiger partial charge in [-0.05, 0) is 0 Å². The van der Waals surface area contributed by atoms with E-state index in [2.05, 4.69) is 4.28 Å². The Balaban J connectivity index is 3.13. The van der Waals surface area contributed by atoms with E-state index in [-0.39, 0.29) is 0 Å². The zero-order valence-electron chi connectivity index (χ0n) is 3.66. The van der Waals surface area contributed by atoms with E-state index in [1.165, 1.54) is 7.05 Å². The maximum absolute atomic E-state index is 9.47. The Morgan fingerprint density at radius 1 is 2.00 bits per heavy atom. The van der Waals surface area contributed by atoms with Gasteiger partial charge in [-0.3, -0.25) is 0 Å². The molecule has 5 nitrogen and oxygen atoms in total. The van der Waals surface area contributed by atoms with E-state index in [1.807, 2.05) is 0 Å². The molecule has 0 saturated heterocycles. The van der Waals surface area contributed by atoms with Crippen molar-refractivity contribution in [1.29, 1.82) is 0 Å². The van der Waals surface area contributed by atoms with Gasteiger partial charge in [-0.25, -0.2) is 10.1 Å². The summed E-state index contributed by atoms with van der Waals surface area (Å²) in [5.74, 6) is 4.71. The van der Waals surface area contributed by atoms with Crippen molar-refractivity contribution < 1.29 is 13.0 Å². The normalized spacial score (nSPS) is 14.9. The van der Waals surface area contributed by atoms with E-state index in [0.717, 1.165) is 0 Å². The van der Waals surface area contributed by atoms with E-state index in [0.29, 0.717) is 5.17 Å². The molecule has 0 amide bonds. The topological polar surface area (TPSA) is 78.6 Å². The van der Waals surface area contributed by atoms with Crippen LogP contribution in [0.25, 0.3) is 0 Å². The molecule has 0 aromatic heterocycles. The van der Waals surface area contributed by atoms with E-state index < -0.39 is 11.4 Å². The fourth-order valence-corrected chi connectivity index (χ4v) is 0.288. The van der Waals surface area contributed by atoms with Crippen molar-refractivity contribution in [3.63, 3.8) is 0 Å². The molecular weight excluding hydrogens is 120 g/mol. The van der Waals surface area contributed by atoms with Crippen molar-refractivity contribution in [2.45, 2.75) is 0 Å². The molecule has 0 aromatic carbocycles. The molecule has 44 valence electrons. The van der Waals surface area contributed by atoms with Gasteiger partial charge in [0.05, 0.1) is 0 Å². The van der Waals surface area contributed by atoms with Crippen molar-refractivity contribution in [3.8, 4) is 0 Å². The summed E-state index contributed by atoms with van der Waals surface area (Å²) in [6.45, 7) is 0. The summed E-state index contributed by atoms with van der Waals surface area (Å²) in [5.41, 5.74) is 0. The van der Waals surface area contributed by atoms with Crippen LogP contribution in [0.4, 0.5) is 0 Å². The second-order valence-electron chi connectivity index (χ2n) is 0.825. The Hall–Kier alpha value is -0.0100. The van der Waals surface area contributed by atoms with Gasteiger partial charge in [0.1, 0.15) is 11.4 Å². The minimum atomic E-state index is -2.54. The number of hydrogen-bond donors (Lipinski definition) is 1. The number of hydroxylamine groups is 1. The SMILES string of the molecule is CN(N)OS(=O)[O-]. The first-order valence-electron chi connectivity index (χ1n) is 1.39. The molecule has 1 unspecified atom stereocenters. The van der Waals surface area contributed by atoms with Gasteiger partial charge in [-0.2, -0.15) is 4.28 Å². The first-order valence-corrected chi connectivity index (χ1v) is 2.39. The average Bonchev–Trinajstić information content (AvgIpc) is 1.27. The molecule has 2 N–H and O–H groups in total. The Morgan fingerprint density at radius 2 is 2.43 bits per heavy atom. The number of nitrogens with two attached hydrogens (primary N) is 1. The highest BCUT2D eigenvalue weighted by molar-refractivity contribution is 7.74. The van der Waals surface area contributed by atoms with E-state index in [9.17, 15) is 8.76 Å². The summed E-state index contributed by atoms with van der Waals surface area (Å²) in [7, 11) is 1.26. The molecule has 1 atom stereocenters. The van der Waals surface area contributed by atoms with E-state index in [1.54, 1.807) is 0 Å². The van der Waals surface area contributed by atoms with Gasteiger partial charge in [0, 0.05) is 7.05 Å². The average molecular weight is 125 g/mol. The van der Waals surface area contributed by atoms with Crippen molar-refractivity contribution in [2.24, 2.45) is 5.84 Å². The van der Waals surface area contributed by atoms with Gasteiger partial charge in [0.15, 0.2) is 0 Å². The number of rotatable bonds is 2. The van der Waals surface area contributed by atoms with Crippen LogP contribution in [-0.2, 0) is 15.6 Å². The fraction of sp³-hybridized carbons (Fsp3) is 1.00. The molecule has 0 fully saturated rings. The van der Waals surface area contributed by atoms with Crippen LogP contribution in [0.3, 0.4) is 0 Å². The molecule has 0 rings (SSSR count). The first-order chi connectivity index (χ1) is 3.13. The summed E-state index contributed by atoms with van der Waals surface area (Å²) in [6.07, 6.45) is 0. The summed E-state index contributed by atoms with van der Waals surface area (Å²) >= 11 is -2.54. The highest BCUT2D eigenvalue weighted by Crippen LogP contribution is 1.75. The molecule has 0 saturated carbocycles.